The van der Waals surface area contributed by atoms with Gasteiger partial charge in [-0.1, -0.05) is 62.2 Å². The molecule has 0 aliphatic rings. The third-order valence-corrected chi connectivity index (χ3v) is 6.40. The fourth-order valence-corrected chi connectivity index (χ4v) is 4.22. The number of benzene rings is 3. The Morgan fingerprint density at radius 1 is 0.844 bits per heavy atom. The molecule has 0 fully saturated rings. The van der Waals surface area contributed by atoms with E-state index in [0.717, 1.165) is 31.8 Å². The van der Waals surface area contributed by atoms with E-state index in [2.05, 4.69) is 47.0 Å². The molecule has 0 atom stereocenters. The topological polar surface area (TPSA) is 98.9 Å². The molecular weight excluding hydrogens is 560 g/mol. The fraction of sp³-hybridized carbons (Fsp3) is 0. The van der Waals surface area contributed by atoms with E-state index in [4.69, 9.17) is 0 Å². The first kappa shape index (κ1) is 22.3. The van der Waals surface area contributed by atoms with Gasteiger partial charge in [-0.25, -0.2) is 4.98 Å². The van der Waals surface area contributed by atoms with Crippen LogP contribution >= 0.6 is 43.6 Å². The molecule has 0 N–H and O–H groups in total. The predicted molar refractivity (Wildman–Crippen MR) is 129 cm³/mol. The Labute approximate surface area is 203 Å². The van der Waals surface area contributed by atoms with Crippen LogP contribution in [0.4, 0.5) is 5.69 Å². The second kappa shape index (κ2) is 9.68. The molecule has 0 saturated heterocycles. The number of hydrogen-bond donors (Lipinski definition) is 0. The molecule has 3 aromatic carbocycles. The largest absolute Gasteiger partial charge is 0.298 e. The van der Waals surface area contributed by atoms with Crippen molar-refractivity contribution in [3.63, 3.8) is 0 Å². The average molecular weight is 572 g/mol. The van der Waals surface area contributed by atoms with Crippen LogP contribution in [0.15, 0.2) is 85.7 Å². The molecule has 4 aromatic rings. The first-order valence-electron chi connectivity index (χ1n) is 9.12. The van der Waals surface area contributed by atoms with Gasteiger partial charge in [0.1, 0.15) is 17.7 Å². The van der Waals surface area contributed by atoms with E-state index in [1.165, 1.54) is 18.2 Å². The Morgan fingerprint density at radius 2 is 1.44 bits per heavy atom. The van der Waals surface area contributed by atoms with Gasteiger partial charge in [-0.05, 0) is 42.1 Å². The molecule has 0 amide bonds. The Hall–Kier alpha value is -2.95. The zero-order valence-corrected chi connectivity index (χ0v) is 20.1. The number of nitrogens with zero attached hydrogens (tertiary/aromatic N) is 4. The van der Waals surface area contributed by atoms with Gasteiger partial charge in [-0.3, -0.25) is 14.9 Å². The second-order valence-corrected chi connectivity index (χ2v) is 9.35. The summed E-state index contributed by atoms with van der Waals surface area (Å²) in [5, 5.41) is 20.3. The molecule has 0 aliphatic heterocycles. The zero-order chi connectivity index (χ0) is 22.7. The molecule has 0 aliphatic carbocycles. The maximum Gasteiger partial charge on any atom is 0.284 e. The summed E-state index contributed by atoms with van der Waals surface area (Å²) in [7, 11) is 0. The minimum atomic E-state index is -0.533. The van der Waals surface area contributed by atoms with Crippen molar-refractivity contribution < 1.29 is 9.72 Å². The lowest BCUT2D eigenvalue weighted by molar-refractivity contribution is -0.387. The molecule has 10 heteroatoms. The molecule has 0 radical (unpaired) electrons. The number of hydrogen-bond acceptors (Lipinski definition) is 7. The monoisotopic (exact) mass is 570 g/mol. The van der Waals surface area contributed by atoms with Gasteiger partial charge < -0.3 is 0 Å². The Morgan fingerprint density at radius 3 is 2.00 bits per heavy atom. The summed E-state index contributed by atoms with van der Waals surface area (Å²) < 4.78 is 1.86. The normalized spacial score (nSPS) is 10.7. The molecule has 0 saturated carbocycles. The van der Waals surface area contributed by atoms with Crippen LogP contribution in [-0.4, -0.2) is 26.4 Å². The summed E-state index contributed by atoms with van der Waals surface area (Å²) in [6.07, 6.45) is 0.568. The lowest BCUT2D eigenvalue weighted by atomic mass is 10.0. The van der Waals surface area contributed by atoms with Crippen LogP contribution in [0.2, 0.25) is 0 Å². The van der Waals surface area contributed by atoms with Crippen LogP contribution in [-0.2, 0) is 0 Å². The van der Waals surface area contributed by atoms with Crippen molar-refractivity contribution in [1.82, 2.24) is 15.2 Å². The van der Waals surface area contributed by atoms with E-state index in [-0.39, 0.29) is 16.4 Å². The van der Waals surface area contributed by atoms with Gasteiger partial charge in [0.2, 0.25) is 5.16 Å². The summed E-state index contributed by atoms with van der Waals surface area (Å²) in [6.45, 7) is 0. The van der Waals surface area contributed by atoms with Gasteiger partial charge in [0.25, 0.3) is 5.69 Å². The van der Waals surface area contributed by atoms with E-state index in [0.29, 0.717) is 22.6 Å². The maximum absolute atomic E-state index is 11.5. The van der Waals surface area contributed by atoms with Crippen LogP contribution in [0.25, 0.3) is 22.5 Å². The van der Waals surface area contributed by atoms with Crippen molar-refractivity contribution in [3.05, 3.63) is 91.4 Å². The Kier molecular flexibility index (Phi) is 6.73. The number of halogens is 2. The van der Waals surface area contributed by atoms with Gasteiger partial charge in [-0.2, -0.15) is 0 Å². The molecule has 0 spiro atoms. The standard InChI is InChI=1S/C22H12Br2N4O3S/c23-16-6-2-14(3-7-16)20-21(15-4-8-17(24)9-5-15)26-27-22(25-20)32-19-10-1-13(12-29)11-18(19)28(30)31/h1-12H. The van der Waals surface area contributed by atoms with Gasteiger partial charge in [0, 0.05) is 31.7 Å². The molecule has 4 rings (SSSR count). The Balaban J connectivity index is 1.81. The molecule has 158 valence electrons. The highest BCUT2D eigenvalue weighted by molar-refractivity contribution is 9.10. The van der Waals surface area contributed by atoms with Crippen LogP contribution in [0.5, 0.6) is 0 Å². The molecule has 7 nitrogen and oxygen atoms in total. The summed E-state index contributed by atoms with van der Waals surface area (Å²) in [5.74, 6) is 0. The van der Waals surface area contributed by atoms with Crippen molar-refractivity contribution in [1.29, 1.82) is 0 Å². The van der Waals surface area contributed by atoms with Gasteiger partial charge >= 0.3 is 0 Å². The van der Waals surface area contributed by atoms with Gasteiger partial charge in [0.15, 0.2) is 0 Å². The van der Waals surface area contributed by atoms with Crippen molar-refractivity contribution >= 4 is 55.6 Å². The van der Waals surface area contributed by atoms with E-state index < -0.39 is 4.92 Å². The number of nitro benzene ring substituents is 1. The SMILES string of the molecule is O=Cc1ccc(Sc2nnc(-c3ccc(Br)cc3)c(-c3ccc(Br)cc3)n2)c([N+](=O)[O-])c1. The van der Waals surface area contributed by atoms with E-state index in [1.807, 2.05) is 48.5 Å². The predicted octanol–water partition coefficient (Wildman–Crippen LogP) is 6.60. The van der Waals surface area contributed by atoms with Crippen LogP contribution in [0, 0.1) is 10.1 Å². The highest BCUT2D eigenvalue weighted by Crippen LogP contribution is 2.36. The van der Waals surface area contributed by atoms with Crippen molar-refractivity contribution in [2.45, 2.75) is 10.1 Å². The molecule has 1 aromatic heterocycles. The summed E-state index contributed by atoms with van der Waals surface area (Å²) in [6, 6.07) is 19.5. The van der Waals surface area contributed by atoms with E-state index in [9.17, 15) is 14.9 Å². The Bertz CT molecular complexity index is 1320. The zero-order valence-electron chi connectivity index (χ0n) is 16.1. The van der Waals surface area contributed by atoms with Crippen molar-refractivity contribution in [2.75, 3.05) is 0 Å². The molecule has 32 heavy (non-hydrogen) atoms. The van der Waals surface area contributed by atoms with E-state index in [1.54, 1.807) is 0 Å². The van der Waals surface area contributed by atoms with Crippen LogP contribution in [0.3, 0.4) is 0 Å². The number of rotatable bonds is 6. The number of carbonyl (C=O) groups is 1. The fourth-order valence-electron chi connectivity index (χ4n) is 2.90. The third-order valence-electron chi connectivity index (χ3n) is 4.42. The first-order valence-corrected chi connectivity index (χ1v) is 11.5. The van der Waals surface area contributed by atoms with E-state index >= 15 is 0 Å². The summed E-state index contributed by atoms with van der Waals surface area (Å²) in [5.41, 5.74) is 2.89. The minimum Gasteiger partial charge on any atom is -0.298 e. The summed E-state index contributed by atoms with van der Waals surface area (Å²) >= 11 is 7.89. The molecule has 0 unspecified atom stereocenters. The number of carbonyl (C=O) groups excluding carboxylic acids is 1. The summed E-state index contributed by atoms with van der Waals surface area (Å²) in [4.78, 5) is 26.9. The number of aldehydes is 1. The van der Waals surface area contributed by atoms with Crippen LogP contribution in [0.1, 0.15) is 10.4 Å². The highest BCUT2D eigenvalue weighted by Gasteiger charge is 2.19. The lowest BCUT2D eigenvalue weighted by Gasteiger charge is -2.10. The lowest BCUT2D eigenvalue weighted by Crippen LogP contribution is -2.00. The third kappa shape index (κ3) is 4.93. The molecule has 1 heterocycles. The van der Waals surface area contributed by atoms with Gasteiger partial charge in [0.05, 0.1) is 9.82 Å². The van der Waals surface area contributed by atoms with Crippen LogP contribution < -0.4 is 0 Å². The van der Waals surface area contributed by atoms with Gasteiger partial charge in [-0.15, -0.1) is 10.2 Å². The molecular formula is C22H12Br2N4O3S. The van der Waals surface area contributed by atoms with Crippen molar-refractivity contribution in [2.24, 2.45) is 0 Å². The maximum atomic E-state index is 11.5. The molecule has 0 bridgehead atoms. The van der Waals surface area contributed by atoms with Crippen molar-refractivity contribution in [3.8, 4) is 22.5 Å². The second-order valence-electron chi connectivity index (χ2n) is 6.51. The first-order chi connectivity index (χ1) is 15.4. The smallest absolute Gasteiger partial charge is 0.284 e. The minimum absolute atomic E-state index is 0.189. The quantitative estimate of drug-likeness (QED) is 0.146. The number of aromatic nitrogens is 3. The highest BCUT2D eigenvalue weighted by atomic mass is 79.9. The number of nitro groups is 1. The average Bonchev–Trinajstić information content (AvgIpc) is 2.80.